The molecule has 3 nitrogen and oxygen atoms in total. The molecule has 3 heteroatoms. The van der Waals surface area contributed by atoms with E-state index in [1.807, 2.05) is 0 Å². The van der Waals surface area contributed by atoms with Crippen LogP contribution in [0.2, 0.25) is 0 Å². The standard InChI is InChI=1S/C6H15NO.CH4O/c1-4-7(2)5-6-8-3;1-2/h4-6H2,1-3H3;2H,1H3. The number of aliphatic hydroxyl groups is 1. The molecule has 0 spiro atoms. The predicted octanol–water partition coefficient (Wildman–Crippen LogP) is 0.193. The summed E-state index contributed by atoms with van der Waals surface area (Å²) < 4.78 is 4.87. The van der Waals surface area contributed by atoms with Gasteiger partial charge >= 0.3 is 0 Å². The Morgan fingerprint density at radius 2 is 1.90 bits per heavy atom. The van der Waals surface area contributed by atoms with Gasteiger partial charge in [-0.25, -0.2) is 0 Å². The smallest absolute Gasteiger partial charge is 0.0589 e. The third-order valence-corrected chi connectivity index (χ3v) is 1.22. The first-order chi connectivity index (χ1) is 4.81. The van der Waals surface area contributed by atoms with Gasteiger partial charge in [0.1, 0.15) is 0 Å². The normalized spacial score (nSPS) is 9.00. The summed E-state index contributed by atoms with van der Waals surface area (Å²) in [5, 5.41) is 7.00. The Hall–Kier alpha value is -0.120. The van der Waals surface area contributed by atoms with Crippen molar-refractivity contribution in [3.63, 3.8) is 0 Å². The molecule has 0 saturated carbocycles. The number of nitrogens with zero attached hydrogens (tertiary/aromatic N) is 1. The molecule has 0 radical (unpaired) electrons. The minimum atomic E-state index is 0.838. The minimum absolute atomic E-state index is 0.838. The summed E-state index contributed by atoms with van der Waals surface area (Å²) in [6.07, 6.45) is 0. The predicted molar refractivity (Wildman–Crippen MR) is 43.2 cm³/mol. The van der Waals surface area contributed by atoms with E-state index < -0.39 is 0 Å². The van der Waals surface area contributed by atoms with Crippen LogP contribution in [-0.4, -0.2) is 51.0 Å². The fraction of sp³-hybridized carbons (Fsp3) is 1.00. The highest BCUT2D eigenvalue weighted by molar-refractivity contribution is 4.42. The molecule has 0 aliphatic carbocycles. The molecule has 0 saturated heterocycles. The molecule has 0 aromatic heterocycles. The molecular weight excluding hydrogens is 130 g/mol. The molecule has 0 aromatic rings. The van der Waals surface area contributed by atoms with Crippen molar-refractivity contribution in [3.8, 4) is 0 Å². The first kappa shape index (κ1) is 12.5. The average molecular weight is 149 g/mol. The van der Waals surface area contributed by atoms with Crippen LogP contribution in [0.4, 0.5) is 0 Å². The summed E-state index contributed by atoms with van der Waals surface area (Å²) in [6.45, 7) is 5.11. The molecule has 10 heavy (non-hydrogen) atoms. The molecule has 0 bridgehead atoms. The lowest BCUT2D eigenvalue weighted by molar-refractivity contribution is 0.164. The average Bonchev–Trinajstić information content (AvgIpc) is 2.04. The van der Waals surface area contributed by atoms with Crippen molar-refractivity contribution in [2.75, 3.05) is 41.0 Å². The maximum Gasteiger partial charge on any atom is 0.0589 e. The van der Waals surface area contributed by atoms with E-state index in [0.717, 1.165) is 26.8 Å². The summed E-state index contributed by atoms with van der Waals surface area (Å²) in [5.41, 5.74) is 0. The van der Waals surface area contributed by atoms with Gasteiger partial charge in [0.2, 0.25) is 0 Å². The fourth-order valence-electron chi connectivity index (χ4n) is 0.405. The first-order valence-electron chi connectivity index (χ1n) is 3.43. The van der Waals surface area contributed by atoms with Crippen molar-refractivity contribution in [1.82, 2.24) is 4.90 Å². The number of hydrogen-bond donors (Lipinski definition) is 1. The second kappa shape index (κ2) is 11.6. The number of ether oxygens (including phenoxy) is 1. The molecule has 0 heterocycles. The Bertz CT molecular complexity index is 50.9. The van der Waals surface area contributed by atoms with E-state index in [-0.39, 0.29) is 0 Å². The number of hydrogen-bond acceptors (Lipinski definition) is 3. The van der Waals surface area contributed by atoms with Crippen LogP contribution >= 0.6 is 0 Å². The molecule has 0 atom stereocenters. The Labute approximate surface area is 63.6 Å². The Morgan fingerprint density at radius 1 is 1.40 bits per heavy atom. The van der Waals surface area contributed by atoms with E-state index in [1.54, 1.807) is 7.11 Å². The van der Waals surface area contributed by atoms with Crippen molar-refractivity contribution in [3.05, 3.63) is 0 Å². The second-order valence-electron chi connectivity index (χ2n) is 1.89. The number of likely N-dealkylation sites (N-methyl/N-ethyl adjacent to an activating group) is 1. The molecule has 64 valence electrons. The zero-order chi connectivity index (χ0) is 8.41. The molecule has 0 unspecified atom stereocenters. The van der Waals surface area contributed by atoms with Crippen molar-refractivity contribution >= 4 is 0 Å². The van der Waals surface area contributed by atoms with Gasteiger partial charge < -0.3 is 14.7 Å². The van der Waals surface area contributed by atoms with Gasteiger partial charge in [-0.1, -0.05) is 6.92 Å². The van der Waals surface area contributed by atoms with Crippen LogP contribution in [0.15, 0.2) is 0 Å². The lowest BCUT2D eigenvalue weighted by Crippen LogP contribution is -2.21. The summed E-state index contributed by atoms with van der Waals surface area (Å²) in [5.74, 6) is 0. The van der Waals surface area contributed by atoms with Gasteiger partial charge in [-0.2, -0.15) is 0 Å². The molecule has 0 aliphatic heterocycles. The molecule has 0 fully saturated rings. The highest BCUT2D eigenvalue weighted by atomic mass is 16.5. The molecule has 0 aromatic carbocycles. The Morgan fingerprint density at radius 3 is 2.20 bits per heavy atom. The zero-order valence-electron chi connectivity index (χ0n) is 7.42. The van der Waals surface area contributed by atoms with E-state index in [4.69, 9.17) is 9.84 Å². The van der Waals surface area contributed by atoms with E-state index in [1.165, 1.54) is 0 Å². The quantitative estimate of drug-likeness (QED) is 0.619. The minimum Gasteiger partial charge on any atom is -0.400 e. The molecule has 1 N–H and O–H groups in total. The Kier molecular flexibility index (Phi) is 14.6. The van der Waals surface area contributed by atoms with Gasteiger partial charge in [0.15, 0.2) is 0 Å². The van der Waals surface area contributed by atoms with E-state index in [9.17, 15) is 0 Å². The van der Waals surface area contributed by atoms with Crippen LogP contribution in [0.25, 0.3) is 0 Å². The number of methoxy groups -OCH3 is 1. The third kappa shape index (κ3) is 10.8. The summed E-state index contributed by atoms with van der Waals surface area (Å²) in [7, 11) is 4.81. The summed E-state index contributed by atoms with van der Waals surface area (Å²) in [4.78, 5) is 2.21. The van der Waals surface area contributed by atoms with Crippen LogP contribution < -0.4 is 0 Å². The van der Waals surface area contributed by atoms with Gasteiger partial charge in [0.05, 0.1) is 6.61 Å². The SMILES string of the molecule is CCN(C)CCOC.CO. The van der Waals surface area contributed by atoms with Gasteiger partial charge in [-0.15, -0.1) is 0 Å². The molecule has 0 amide bonds. The lowest BCUT2D eigenvalue weighted by atomic mass is 10.5. The van der Waals surface area contributed by atoms with Crippen LogP contribution in [0, 0.1) is 0 Å². The molecule has 0 rings (SSSR count). The van der Waals surface area contributed by atoms with E-state index in [2.05, 4.69) is 18.9 Å². The third-order valence-electron chi connectivity index (χ3n) is 1.22. The van der Waals surface area contributed by atoms with Crippen molar-refractivity contribution in [2.24, 2.45) is 0 Å². The van der Waals surface area contributed by atoms with Gasteiger partial charge in [-0.3, -0.25) is 0 Å². The topological polar surface area (TPSA) is 32.7 Å². The summed E-state index contributed by atoms with van der Waals surface area (Å²) >= 11 is 0. The van der Waals surface area contributed by atoms with Crippen LogP contribution in [0.3, 0.4) is 0 Å². The highest BCUT2D eigenvalue weighted by Gasteiger charge is 1.89. The van der Waals surface area contributed by atoms with Gasteiger partial charge in [-0.05, 0) is 13.6 Å². The zero-order valence-corrected chi connectivity index (χ0v) is 7.42. The van der Waals surface area contributed by atoms with Crippen molar-refractivity contribution in [2.45, 2.75) is 6.92 Å². The molecular formula is C7H19NO2. The van der Waals surface area contributed by atoms with E-state index in [0.29, 0.717) is 0 Å². The first-order valence-corrected chi connectivity index (χ1v) is 3.43. The van der Waals surface area contributed by atoms with E-state index >= 15 is 0 Å². The fourth-order valence-corrected chi connectivity index (χ4v) is 0.405. The lowest BCUT2D eigenvalue weighted by Gasteiger charge is -2.11. The number of rotatable bonds is 4. The summed E-state index contributed by atoms with van der Waals surface area (Å²) in [6, 6.07) is 0. The second-order valence-corrected chi connectivity index (χ2v) is 1.89. The highest BCUT2D eigenvalue weighted by Crippen LogP contribution is 1.78. The van der Waals surface area contributed by atoms with Gasteiger partial charge in [0, 0.05) is 20.8 Å². The number of aliphatic hydroxyl groups excluding tert-OH is 1. The van der Waals surface area contributed by atoms with Crippen LogP contribution in [0.5, 0.6) is 0 Å². The largest absolute Gasteiger partial charge is 0.400 e. The van der Waals surface area contributed by atoms with Gasteiger partial charge in [0.25, 0.3) is 0 Å². The van der Waals surface area contributed by atoms with Crippen molar-refractivity contribution in [1.29, 1.82) is 0 Å². The molecule has 0 aliphatic rings. The maximum absolute atomic E-state index is 7.00. The maximum atomic E-state index is 7.00. The van der Waals surface area contributed by atoms with Crippen LogP contribution in [0.1, 0.15) is 6.92 Å². The Balaban J connectivity index is 0. The van der Waals surface area contributed by atoms with Crippen molar-refractivity contribution < 1.29 is 9.84 Å². The van der Waals surface area contributed by atoms with Crippen LogP contribution in [-0.2, 0) is 4.74 Å². The monoisotopic (exact) mass is 149 g/mol.